The number of nitrogens with one attached hydrogen (secondary N) is 1. The van der Waals surface area contributed by atoms with Crippen molar-refractivity contribution >= 4 is 23.9 Å². The van der Waals surface area contributed by atoms with E-state index in [0.717, 1.165) is 10.5 Å². The highest BCUT2D eigenvalue weighted by Crippen LogP contribution is 2.26. The summed E-state index contributed by atoms with van der Waals surface area (Å²) in [5, 5.41) is 13.6. The number of benzene rings is 2. The molecule has 0 aliphatic carbocycles. The van der Waals surface area contributed by atoms with Crippen molar-refractivity contribution in [3.05, 3.63) is 54.1 Å². The first kappa shape index (κ1) is 17.9. The Kier molecular flexibility index (Phi) is 7.17. The Morgan fingerprint density at radius 2 is 2.08 bits per heavy atom. The highest BCUT2D eigenvalue weighted by Gasteiger charge is 2.03. The van der Waals surface area contributed by atoms with Gasteiger partial charge in [-0.3, -0.25) is 4.79 Å². The number of nitrogens with zero attached hydrogens (tertiary/aromatic N) is 1. The Hall–Kier alpha value is -2.47. The molecule has 24 heavy (non-hydrogen) atoms. The first-order valence-corrected chi connectivity index (χ1v) is 8.63. The molecule has 0 heterocycles. The molecule has 1 amide bonds. The second-order valence-electron chi connectivity index (χ2n) is 4.86. The molecule has 5 nitrogen and oxygen atoms in total. The monoisotopic (exact) mass is 344 g/mol. The zero-order valence-electron chi connectivity index (χ0n) is 13.4. The normalized spacial score (nSPS) is 10.7. The van der Waals surface area contributed by atoms with Crippen LogP contribution in [0.3, 0.4) is 0 Å². The minimum atomic E-state index is -0.140. The smallest absolute Gasteiger partial charge is 0.240 e. The van der Waals surface area contributed by atoms with Crippen molar-refractivity contribution in [2.75, 3.05) is 12.4 Å². The van der Waals surface area contributed by atoms with Crippen LogP contribution in [0.4, 0.5) is 0 Å². The maximum atomic E-state index is 11.7. The van der Waals surface area contributed by atoms with Gasteiger partial charge in [0.15, 0.2) is 11.5 Å². The van der Waals surface area contributed by atoms with Crippen LogP contribution in [0.15, 0.2) is 58.5 Å². The number of amides is 1. The van der Waals surface area contributed by atoms with Gasteiger partial charge in [0.25, 0.3) is 0 Å². The third kappa shape index (κ3) is 5.96. The maximum absolute atomic E-state index is 11.7. The molecule has 0 saturated heterocycles. The van der Waals surface area contributed by atoms with Gasteiger partial charge in [-0.05, 0) is 42.8 Å². The number of carbonyl (C=O) groups is 1. The van der Waals surface area contributed by atoms with Crippen molar-refractivity contribution in [3.63, 3.8) is 0 Å². The lowest BCUT2D eigenvalue weighted by atomic mass is 10.2. The van der Waals surface area contributed by atoms with E-state index in [1.54, 1.807) is 23.9 Å². The molecule has 2 aromatic rings. The molecular weight excluding hydrogens is 324 g/mol. The zero-order chi connectivity index (χ0) is 17.2. The minimum Gasteiger partial charge on any atom is -0.504 e. The predicted molar refractivity (Wildman–Crippen MR) is 96.8 cm³/mol. The van der Waals surface area contributed by atoms with E-state index in [1.165, 1.54) is 12.3 Å². The average Bonchev–Trinajstić information content (AvgIpc) is 2.59. The lowest BCUT2D eigenvalue weighted by Gasteiger charge is -2.06. The zero-order valence-corrected chi connectivity index (χ0v) is 14.3. The highest BCUT2D eigenvalue weighted by molar-refractivity contribution is 7.99. The molecule has 2 rings (SSSR count). The number of phenols is 1. The van der Waals surface area contributed by atoms with Gasteiger partial charge in [0, 0.05) is 17.1 Å². The molecule has 0 bridgehead atoms. The molecule has 126 valence electrons. The van der Waals surface area contributed by atoms with Gasteiger partial charge in [0.1, 0.15) is 0 Å². The van der Waals surface area contributed by atoms with Crippen LogP contribution in [0.5, 0.6) is 11.5 Å². The largest absolute Gasteiger partial charge is 0.504 e. The van der Waals surface area contributed by atoms with Gasteiger partial charge in [-0.2, -0.15) is 5.10 Å². The summed E-state index contributed by atoms with van der Waals surface area (Å²) in [5.41, 5.74) is 3.23. The molecular formula is C18H20N2O3S. The Morgan fingerprint density at radius 1 is 1.29 bits per heavy atom. The van der Waals surface area contributed by atoms with E-state index in [9.17, 15) is 9.90 Å². The number of phenolic OH excluding ortho intramolecular Hbond substituents is 1. The van der Waals surface area contributed by atoms with Gasteiger partial charge in [-0.1, -0.05) is 18.2 Å². The second kappa shape index (κ2) is 9.62. The van der Waals surface area contributed by atoms with Gasteiger partial charge in [0.05, 0.1) is 12.8 Å². The summed E-state index contributed by atoms with van der Waals surface area (Å²) in [5.74, 6) is 1.03. The van der Waals surface area contributed by atoms with Crippen molar-refractivity contribution in [1.29, 1.82) is 0 Å². The predicted octanol–water partition coefficient (Wildman–Crippen LogP) is 3.42. The molecule has 0 aliphatic heterocycles. The molecule has 0 saturated carbocycles. The molecule has 0 unspecified atom stereocenters. The van der Waals surface area contributed by atoms with Crippen LogP contribution in [0.25, 0.3) is 0 Å². The van der Waals surface area contributed by atoms with Crippen LogP contribution in [0.1, 0.15) is 18.9 Å². The van der Waals surface area contributed by atoms with Gasteiger partial charge in [-0.15, -0.1) is 11.8 Å². The minimum absolute atomic E-state index is 0.0796. The van der Waals surface area contributed by atoms with Crippen molar-refractivity contribution in [1.82, 2.24) is 5.43 Å². The van der Waals surface area contributed by atoms with Crippen molar-refractivity contribution in [3.8, 4) is 11.5 Å². The number of hydrogen-bond donors (Lipinski definition) is 2. The summed E-state index contributed by atoms with van der Waals surface area (Å²) < 4.78 is 5.30. The SMILES string of the molecule is CCOc1cc(/C=N\NC(=O)CCSc2ccccc2)ccc1O. The van der Waals surface area contributed by atoms with E-state index in [4.69, 9.17) is 4.74 Å². The lowest BCUT2D eigenvalue weighted by molar-refractivity contribution is -0.120. The average molecular weight is 344 g/mol. The lowest BCUT2D eigenvalue weighted by Crippen LogP contribution is -2.17. The van der Waals surface area contributed by atoms with Crippen molar-refractivity contribution in [2.24, 2.45) is 5.10 Å². The van der Waals surface area contributed by atoms with E-state index in [1.807, 2.05) is 37.3 Å². The number of thioether (sulfide) groups is 1. The molecule has 0 spiro atoms. The molecule has 0 aliphatic rings. The number of hydrogen-bond acceptors (Lipinski definition) is 5. The van der Waals surface area contributed by atoms with E-state index >= 15 is 0 Å². The second-order valence-corrected chi connectivity index (χ2v) is 6.03. The Labute approximate surface area is 145 Å². The first-order valence-electron chi connectivity index (χ1n) is 7.64. The third-order valence-corrected chi connectivity index (χ3v) is 4.04. The molecule has 0 radical (unpaired) electrons. The van der Waals surface area contributed by atoms with Crippen LogP contribution >= 0.6 is 11.8 Å². The molecule has 0 fully saturated rings. The maximum Gasteiger partial charge on any atom is 0.240 e. The Morgan fingerprint density at radius 3 is 2.83 bits per heavy atom. The van der Waals surface area contributed by atoms with E-state index in [-0.39, 0.29) is 11.7 Å². The van der Waals surface area contributed by atoms with Gasteiger partial charge >= 0.3 is 0 Å². The fraction of sp³-hybridized carbons (Fsp3) is 0.222. The number of rotatable bonds is 8. The standard InChI is InChI=1S/C18H20N2O3S/c1-2-23-17-12-14(8-9-16(17)21)13-19-20-18(22)10-11-24-15-6-4-3-5-7-15/h3-9,12-13,21H,2,10-11H2,1H3,(H,20,22)/b19-13-. The number of aromatic hydroxyl groups is 1. The fourth-order valence-electron chi connectivity index (χ4n) is 1.90. The Balaban J connectivity index is 1.76. The molecule has 2 aromatic carbocycles. The summed E-state index contributed by atoms with van der Waals surface area (Å²) in [6.07, 6.45) is 1.90. The van der Waals surface area contributed by atoms with Crippen LogP contribution < -0.4 is 10.2 Å². The van der Waals surface area contributed by atoms with E-state index in [0.29, 0.717) is 24.5 Å². The molecule has 2 N–H and O–H groups in total. The summed E-state index contributed by atoms with van der Waals surface area (Å²) in [4.78, 5) is 12.9. The third-order valence-electron chi connectivity index (χ3n) is 3.03. The molecule has 0 aromatic heterocycles. The molecule has 6 heteroatoms. The first-order chi connectivity index (χ1) is 11.7. The van der Waals surface area contributed by atoms with Gasteiger partial charge in [-0.25, -0.2) is 5.43 Å². The topological polar surface area (TPSA) is 70.9 Å². The fourth-order valence-corrected chi connectivity index (χ4v) is 2.77. The van der Waals surface area contributed by atoms with Crippen LogP contribution in [0, 0.1) is 0 Å². The van der Waals surface area contributed by atoms with Gasteiger partial charge < -0.3 is 9.84 Å². The summed E-state index contributed by atoms with van der Waals surface area (Å²) in [6, 6.07) is 14.8. The van der Waals surface area contributed by atoms with Gasteiger partial charge in [0.2, 0.25) is 5.91 Å². The quantitative estimate of drug-likeness (QED) is 0.437. The number of carbonyl (C=O) groups excluding carboxylic acids is 1. The van der Waals surface area contributed by atoms with Crippen LogP contribution in [0.2, 0.25) is 0 Å². The van der Waals surface area contributed by atoms with E-state index < -0.39 is 0 Å². The molecule has 0 atom stereocenters. The summed E-state index contributed by atoms with van der Waals surface area (Å²) in [6.45, 7) is 2.30. The van der Waals surface area contributed by atoms with Crippen LogP contribution in [-0.2, 0) is 4.79 Å². The van der Waals surface area contributed by atoms with Crippen LogP contribution in [-0.4, -0.2) is 29.6 Å². The number of ether oxygens (including phenoxy) is 1. The van der Waals surface area contributed by atoms with Crippen molar-refractivity contribution < 1.29 is 14.6 Å². The Bertz CT molecular complexity index is 690. The van der Waals surface area contributed by atoms with Crippen molar-refractivity contribution in [2.45, 2.75) is 18.2 Å². The number of hydrazone groups is 1. The summed E-state index contributed by atoms with van der Waals surface area (Å²) in [7, 11) is 0. The highest BCUT2D eigenvalue weighted by atomic mass is 32.2. The summed E-state index contributed by atoms with van der Waals surface area (Å²) >= 11 is 1.63. The van der Waals surface area contributed by atoms with E-state index in [2.05, 4.69) is 10.5 Å².